The van der Waals surface area contributed by atoms with Crippen LogP contribution in [0.1, 0.15) is 279 Å². The predicted octanol–water partition coefficient (Wildman–Crippen LogP) is 24.7. The molecular weight excluding hydrogens is 1310 g/mol. The summed E-state index contributed by atoms with van der Waals surface area (Å²) in [6, 6.07) is 60.3. The number of aromatic nitrogens is 5. The van der Waals surface area contributed by atoms with Crippen LogP contribution < -0.4 is 22.8 Å². The standard InChI is InChI=1S/C23H32N.2C22H30N.2C18H22N/c1-17-10-6-9-13-20(17)22-14-19(15-23(2,3)4)21(16-24(22)5)18-11-7-8-12-18;1-16(2)13-19-15-23(4)22(20-12-8-5-9-17(20)3)14-21(19)18-10-6-7-11-18;1-16(2)13-19-14-22(20-12-8-5-9-17(20)3)23(4)15-21(19)18-10-6-7-11-18;1-14-7-3-6-10-17(14)18-13-16(11-12-19(18)2)15-8-4-5-9-15;1-14-7-3-6-10-17(14)18-12-11-16(13-19(18)2)15-8-4-5-9-15/h6,9-10,13-14,16,18H,7-8,11-12,15H2,1-5H3;2*5,8-9,12,14-16,18H,6-7,10-11,13H2,1-4H3;2*3,6-7,10-13,15H,4-5,8-9H2,1-2H3/q5*+1. The molecule has 0 unspecified atom stereocenters. The fraction of sp³-hybridized carbons (Fsp3) is 0.466. The van der Waals surface area contributed by atoms with E-state index in [1.54, 1.807) is 33.4 Å². The van der Waals surface area contributed by atoms with Gasteiger partial charge >= 0.3 is 0 Å². The molecule has 5 aromatic carbocycles. The van der Waals surface area contributed by atoms with Gasteiger partial charge in [0.1, 0.15) is 35.2 Å². The molecule has 0 radical (unpaired) electrons. The van der Waals surface area contributed by atoms with E-state index in [0.29, 0.717) is 17.3 Å². The summed E-state index contributed by atoms with van der Waals surface area (Å²) in [6.45, 7) is 27.4. The first-order chi connectivity index (χ1) is 52.0. The third-order valence-electron chi connectivity index (χ3n) is 24.6. The van der Waals surface area contributed by atoms with Crippen molar-refractivity contribution in [2.75, 3.05) is 0 Å². The normalized spacial score (nSPS) is 15.7. The summed E-state index contributed by atoms with van der Waals surface area (Å²) < 4.78 is 11.6. The molecule has 0 bridgehead atoms. The molecule has 5 nitrogen and oxygen atoms in total. The Balaban J connectivity index is 0.000000135. The molecule has 0 amide bonds. The molecule has 108 heavy (non-hydrogen) atoms. The van der Waals surface area contributed by atoms with Crippen molar-refractivity contribution >= 4 is 0 Å². The third-order valence-corrected chi connectivity index (χ3v) is 24.6. The molecule has 10 aromatic rings. The highest BCUT2D eigenvalue weighted by Crippen LogP contribution is 2.42. The maximum atomic E-state index is 2.50. The molecule has 0 atom stereocenters. The average Bonchev–Trinajstić information content (AvgIpc) is 1.10. The van der Waals surface area contributed by atoms with Crippen molar-refractivity contribution in [1.29, 1.82) is 0 Å². The number of hydrogen-bond donors (Lipinski definition) is 0. The maximum Gasteiger partial charge on any atom is 0.212 e. The van der Waals surface area contributed by atoms with E-state index in [2.05, 4.69) is 336 Å². The van der Waals surface area contributed by atoms with Crippen LogP contribution in [0.5, 0.6) is 0 Å². The molecule has 0 spiro atoms. The predicted molar refractivity (Wildman–Crippen MR) is 455 cm³/mol. The van der Waals surface area contributed by atoms with Gasteiger partial charge in [0.05, 0.1) is 0 Å². The molecule has 5 aromatic heterocycles. The SMILES string of the molecule is Cc1ccccc1-c1cc(C2CCCC2)c(CC(C)C)c[n+]1C.Cc1ccccc1-c1cc(C2CCCC2)cc[n+]1C.Cc1ccccc1-c1cc(CC(C)(C)C)c(C2CCCC2)c[n+]1C.Cc1ccccc1-c1cc(CC(C)C)c(C2CCCC2)c[n+]1C.Cc1ccccc1-c1ccc(C2CCCC2)c[n+]1C. The smallest absolute Gasteiger partial charge is 0.201 e. The minimum atomic E-state index is 0.316. The highest BCUT2D eigenvalue weighted by Gasteiger charge is 2.31. The summed E-state index contributed by atoms with van der Waals surface area (Å²) >= 11 is 0. The second-order valence-corrected chi connectivity index (χ2v) is 35.6. The molecule has 5 aliphatic rings. The van der Waals surface area contributed by atoms with E-state index in [4.69, 9.17) is 0 Å². The van der Waals surface area contributed by atoms with Crippen molar-refractivity contribution in [3.63, 3.8) is 0 Å². The summed E-state index contributed by atoms with van der Waals surface area (Å²) in [5, 5.41) is 0. The van der Waals surface area contributed by atoms with Crippen LogP contribution in [-0.4, -0.2) is 0 Å². The Bertz CT molecular complexity index is 4580. The topological polar surface area (TPSA) is 19.4 Å². The van der Waals surface area contributed by atoms with Crippen molar-refractivity contribution in [1.82, 2.24) is 0 Å². The van der Waals surface area contributed by atoms with Gasteiger partial charge in [-0.15, -0.1) is 0 Å². The van der Waals surface area contributed by atoms with Crippen LogP contribution in [0.3, 0.4) is 0 Å². The number of pyridine rings is 5. The van der Waals surface area contributed by atoms with E-state index in [-0.39, 0.29) is 0 Å². The molecule has 0 saturated heterocycles. The molecule has 5 fully saturated rings. The van der Waals surface area contributed by atoms with E-state index in [0.717, 1.165) is 36.0 Å². The van der Waals surface area contributed by atoms with Gasteiger partial charge < -0.3 is 0 Å². The van der Waals surface area contributed by atoms with Gasteiger partial charge in [-0.3, -0.25) is 0 Å². The van der Waals surface area contributed by atoms with E-state index in [1.165, 1.54) is 236 Å². The van der Waals surface area contributed by atoms with Crippen LogP contribution in [-0.2, 0) is 54.5 Å². The zero-order chi connectivity index (χ0) is 76.6. The Morgan fingerprint density at radius 2 is 0.611 bits per heavy atom. The molecule has 5 saturated carbocycles. The lowest BCUT2D eigenvalue weighted by Crippen LogP contribution is -2.33. The van der Waals surface area contributed by atoms with Crippen LogP contribution in [0.15, 0.2) is 195 Å². The van der Waals surface area contributed by atoms with E-state index >= 15 is 0 Å². The first kappa shape index (κ1) is 80.9. The number of nitrogens with zero attached hydrogens (tertiary/aromatic N) is 5. The molecule has 568 valence electrons. The van der Waals surface area contributed by atoms with Crippen molar-refractivity contribution in [2.45, 2.75) is 260 Å². The summed E-state index contributed by atoms with van der Waals surface area (Å²) in [5.41, 5.74) is 33.1. The van der Waals surface area contributed by atoms with Crippen LogP contribution in [0.4, 0.5) is 0 Å². The van der Waals surface area contributed by atoms with Crippen molar-refractivity contribution in [2.24, 2.45) is 52.5 Å². The second kappa shape index (κ2) is 38.0. The number of rotatable bonds is 15. The van der Waals surface area contributed by atoms with Crippen molar-refractivity contribution in [3.8, 4) is 56.3 Å². The van der Waals surface area contributed by atoms with E-state index in [9.17, 15) is 0 Å². The molecule has 15 rings (SSSR count). The lowest BCUT2D eigenvalue weighted by Gasteiger charge is -2.22. The molecular formula is C103H136N5+5. The quantitative estimate of drug-likeness (QED) is 0.0912. The molecule has 5 aliphatic carbocycles. The summed E-state index contributed by atoms with van der Waals surface area (Å²) in [4.78, 5) is 0. The number of hydrogen-bond acceptors (Lipinski definition) is 0. The first-order valence-corrected chi connectivity index (χ1v) is 42.3. The fourth-order valence-electron chi connectivity index (χ4n) is 18.8. The minimum absolute atomic E-state index is 0.316. The Morgan fingerprint density at radius 1 is 0.296 bits per heavy atom. The Kier molecular flexibility index (Phi) is 28.4. The van der Waals surface area contributed by atoms with Gasteiger partial charge in [0, 0.05) is 86.5 Å². The molecule has 5 heterocycles. The zero-order valence-electron chi connectivity index (χ0n) is 70.0. The summed E-state index contributed by atoms with van der Waals surface area (Å²) in [7, 11) is 10.9. The van der Waals surface area contributed by atoms with Crippen molar-refractivity contribution < 1.29 is 22.8 Å². The Hall–Kier alpha value is -8.15. The highest BCUT2D eigenvalue weighted by molar-refractivity contribution is 5.65. The average molecular weight is 1440 g/mol. The second-order valence-electron chi connectivity index (χ2n) is 35.6. The van der Waals surface area contributed by atoms with Gasteiger partial charge in [-0.25, -0.2) is 22.8 Å². The van der Waals surface area contributed by atoms with Crippen LogP contribution in [0, 0.1) is 51.9 Å². The highest BCUT2D eigenvalue weighted by atomic mass is 14.9. The maximum absolute atomic E-state index is 2.50. The minimum Gasteiger partial charge on any atom is -0.201 e. The van der Waals surface area contributed by atoms with E-state index < -0.39 is 0 Å². The van der Waals surface area contributed by atoms with Crippen molar-refractivity contribution in [3.05, 3.63) is 267 Å². The third kappa shape index (κ3) is 21.0. The number of aryl methyl sites for hydroxylation is 10. The lowest BCUT2D eigenvalue weighted by atomic mass is 9.83. The van der Waals surface area contributed by atoms with Crippen LogP contribution in [0.2, 0.25) is 0 Å². The molecule has 0 aliphatic heterocycles. The molecule has 0 N–H and O–H groups in total. The van der Waals surface area contributed by atoms with Gasteiger partial charge in [-0.05, 0) is 251 Å². The van der Waals surface area contributed by atoms with Gasteiger partial charge in [-0.1, -0.05) is 204 Å². The zero-order valence-corrected chi connectivity index (χ0v) is 70.0. The van der Waals surface area contributed by atoms with Crippen LogP contribution >= 0.6 is 0 Å². The Labute approximate surface area is 655 Å². The molecule has 5 heteroatoms. The van der Waals surface area contributed by atoms with Gasteiger partial charge in [-0.2, -0.15) is 0 Å². The Morgan fingerprint density at radius 3 is 1.00 bits per heavy atom. The van der Waals surface area contributed by atoms with Gasteiger partial charge in [0.15, 0.2) is 31.0 Å². The fourth-order valence-corrected chi connectivity index (χ4v) is 18.8. The van der Waals surface area contributed by atoms with Crippen LogP contribution in [0.25, 0.3) is 56.3 Å². The van der Waals surface area contributed by atoms with E-state index in [1.807, 2.05) is 0 Å². The van der Waals surface area contributed by atoms with Gasteiger partial charge in [0.25, 0.3) is 0 Å². The largest absolute Gasteiger partial charge is 0.212 e. The first-order valence-electron chi connectivity index (χ1n) is 42.3. The summed E-state index contributed by atoms with van der Waals surface area (Å²) in [5.74, 6) is 5.29. The number of benzene rings is 5. The monoisotopic (exact) mass is 1440 g/mol. The van der Waals surface area contributed by atoms with Gasteiger partial charge in [0.2, 0.25) is 28.5 Å². The summed E-state index contributed by atoms with van der Waals surface area (Å²) in [6.07, 6.45) is 42.9. The lowest BCUT2D eigenvalue weighted by molar-refractivity contribution is -0.661.